The second kappa shape index (κ2) is 6.21. The number of amides is 1. The van der Waals surface area contributed by atoms with E-state index in [4.69, 9.17) is 14.6 Å². The lowest BCUT2D eigenvalue weighted by molar-refractivity contribution is 0.0275. The van der Waals surface area contributed by atoms with Gasteiger partial charge in [0.15, 0.2) is 5.69 Å². The number of ether oxygens (including phenoxy) is 2. The van der Waals surface area contributed by atoms with Crippen LogP contribution in [0.4, 0.5) is 4.79 Å². The van der Waals surface area contributed by atoms with Crippen LogP contribution in [0.2, 0.25) is 0 Å². The Balaban J connectivity index is 1.92. The lowest BCUT2D eigenvalue weighted by atomic mass is 10.2. The molecule has 0 spiro atoms. The molecule has 7 nitrogen and oxygen atoms in total. The molecule has 1 saturated heterocycles. The molecule has 2 rings (SSSR count). The van der Waals surface area contributed by atoms with Crippen LogP contribution in [0.3, 0.4) is 0 Å². The Hall–Kier alpha value is -2.31. The predicted molar refractivity (Wildman–Crippen MR) is 78.0 cm³/mol. The van der Waals surface area contributed by atoms with E-state index < -0.39 is 11.6 Å². The monoisotopic (exact) mass is 308 g/mol. The van der Waals surface area contributed by atoms with Crippen molar-refractivity contribution in [1.29, 1.82) is 0 Å². The molecule has 1 unspecified atom stereocenters. The second-order valence-corrected chi connectivity index (χ2v) is 6.14. The summed E-state index contributed by atoms with van der Waals surface area (Å²) >= 11 is 0. The summed E-state index contributed by atoms with van der Waals surface area (Å²) in [5.74, 6) is -0.671. The average molecular weight is 308 g/mol. The first kappa shape index (κ1) is 16.1. The Kier molecular flexibility index (Phi) is 4.54. The van der Waals surface area contributed by atoms with E-state index >= 15 is 0 Å². The van der Waals surface area contributed by atoms with Gasteiger partial charge >= 0.3 is 12.1 Å². The van der Waals surface area contributed by atoms with Crippen LogP contribution >= 0.6 is 0 Å². The Morgan fingerprint density at radius 3 is 2.77 bits per heavy atom. The van der Waals surface area contributed by atoms with E-state index in [1.807, 2.05) is 20.8 Å². The first-order valence-corrected chi connectivity index (χ1v) is 7.08. The highest BCUT2D eigenvalue weighted by Crippen LogP contribution is 2.20. The van der Waals surface area contributed by atoms with Crippen LogP contribution in [0.5, 0.6) is 5.75 Å². The molecule has 1 aromatic rings. The molecule has 1 amide bonds. The highest BCUT2D eigenvalue weighted by Gasteiger charge is 2.30. The van der Waals surface area contributed by atoms with Crippen molar-refractivity contribution in [2.45, 2.75) is 38.9 Å². The minimum absolute atomic E-state index is 0.0699. The number of aromatic carboxylic acids is 1. The van der Waals surface area contributed by atoms with Crippen LogP contribution in [-0.4, -0.2) is 51.8 Å². The zero-order chi connectivity index (χ0) is 16.3. The van der Waals surface area contributed by atoms with E-state index in [0.717, 1.165) is 0 Å². The topological polar surface area (TPSA) is 89.0 Å². The molecule has 1 aromatic heterocycles. The van der Waals surface area contributed by atoms with E-state index in [0.29, 0.717) is 25.3 Å². The zero-order valence-electron chi connectivity index (χ0n) is 12.9. The number of pyridine rings is 1. The number of hydrogen-bond donors (Lipinski definition) is 1. The maximum atomic E-state index is 12.0. The third kappa shape index (κ3) is 4.34. The van der Waals surface area contributed by atoms with Gasteiger partial charge in [0.05, 0.1) is 6.54 Å². The van der Waals surface area contributed by atoms with Crippen molar-refractivity contribution in [2.75, 3.05) is 13.1 Å². The molecule has 1 aliphatic heterocycles. The van der Waals surface area contributed by atoms with Crippen LogP contribution in [0.1, 0.15) is 37.7 Å². The molecular formula is C15H20N2O5. The normalized spacial score (nSPS) is 18.1. The van der Waals surface area contributed by atoms with Crippen molar-refractivity contribution >= 4 is 12.1 Å². The van der Waals surface area contributed by atoms with Crippen LogP contribution in [-0.2, 0) is 4.74 Å². The van der Waals surface area contributed by atoms with Gasteiger partial charge in [-0.2, -0.15) is 0 Å². The Morgan fingerprint density at radius 1 is 1.41 bits per heavy atom. The predicted octanol–water partition coefficient (Wildman–Crippen LogP) is 2.17. The minimum atomic E-state index is -1.10. The molecule has 22 heavy (non-hydrogen) atoms. The standard InChI is InChI=1S/C15H20N2O5/c1-15(2,3)22-14(20)17-7-5-11(9-17)21-10-4-6-16-12(8-10)13(18)19/h4,6,8,11H,5,7,9H2,1-3H3,(H,18,19). The molecule has 0 aliphatic carbocycles. The summed E-state index contributed by atoms with van der Waals surface area (Å²) in [7, 11) is 0. The van der Waals surface area contributed by atoms with Gasteiger partial charge < -0.3 is 19.5 Å². The quantitative estimate of drug-likeness (QED) is 0.920. The van der Waals surface area contributed by atoms with Gasteiger partial charge in [0, 0.05) is 25.2 Å². The first-order chi connectivity index (χ1) is 10.2. The van der Waals surface area contributed by atoms with E-state index in [2.05, 4.69) is 4.98 Å². The molecule has 1 fully saturated rings. The number of rotatable bonds is 3. The lowest BCUT2D eigenvalue weighted by Gasteiger charge is -2.24. The molecule has 7 heteroatoms. The SMILES string of the molecule is CC(C)(C)OC(=O)N1CCC(Oc2ccnc(C(=O)O)c2)C1. The Morgan fingerprint density at radius 2 is 2.14 bits per heavy atom. The molecule has 0 radical (unpaired) electrons. The van der Waals surface area contributed by atoms with Crippen molar-refractivity contribution in [2.24, 2.45) is 0 Å². The van der Waals surface area contributed by atoms with Crippen molar-refractivity contribution < 1.29 is 24.2 Å². The third-order valence-electron chi connectivity index (χ3n) is 3.05. The van der Waals surface area contributed by atoms with E-state index in [-0.39, 0.29) is 17.9 Å². The smallest absolute Gasteiger partial charge is 0.410 e. The zero-order valence-corrected chi connectivity index (χ0v) is 12.9. The number of nitrogens with zero attached hydrogens (tertiary/aromatic N) is 2. The summed E-state index contributed by atoms with van der Waals surface area (Å²) in [6.45, 7) is 6.42. The fraction of sp³-hybridized carbons (Fsp3) is 0.533. The molecule has 0 aromatic carbocycles. The highest BCUT2D eigenvalue weighted by atomic mass is 16.6. The van der Waals surface area contributed by atoms with Crippen molar-refractivity contribution in [3.05, 3.63) is 24.0 Å². The largest absolute Gasteiger partial charge is 0.488 e. The molecular weight excluding hydrogens is 288 g/mol. The van der Waals surface area contributed by atoms with Gasteiger partial charge in [0.2, 0.25) is 0 Å². The van der Waals surface area contributed by atoms with E-state index in [1.54, 1.807) is 11.0 Å². The van der Waals surface area contributed by atoms with Crippen molar-refractivity contribution in [3.63, 3.8) is 0 Å². The number of hydrogen-bond acceptors (Lipinski definition) is 5. The number of carboxylic acid groups (broad SMARTS) is 1. The van der Waals surface area contributed by atoms with Gasteiger partial charge in [-0.05, 0) is 26.8 Å². The summed E-state index contributed by atoms with van der Waals surface area (Å²) in [5.41, 5.74) is -0.600. The maximum Gasteiger partial charge on any atom is 0.410 e. The number of carbonyl (C=O) groups is 2. The van der Waals surface area contributed by atoms with E-state index in [9.17, 15) is 9.59 Å². The summed E-state index contributed by atoms with van der Waals surface area (Å²) in [5, 5.41) is 8.91. The first-order valence-electron chi connectivity index (χ1n) is 7.08. The van der Waals surface area contributed by atoms with Gasteiger partial charge in [-0.15, -0.1) is 0 Å². The van der Waals surface area contributed by atoms with Crippen LogP contribution in [0.15, 0.2) is 18.3 Å². The fourth-order valence-corrected chi connectivity index (χ4v) is 2.11. The third-order valence-corrected chi connectivity index (χ3v) is 3.05. The number of carbonyl (C=O) groups excluding carboxylic acids is 1. The molecule has 0 saturated carbocycles. The van der Waals surface area contributed by atoms with Crippen LogP contribution in [0.25, 0.3) is 0 Å². The summed E-state index contributed by atoms with van der Waals surface area (Å²) in [6.07, 6.45) is 1.51. The van der Waals surface area contributed by atoms with Gasteiger partial charge in [-0.25, -0.2) is 14.6 Å². The molecule has 1 atom stereocenters. The van der Waals surface area contributed by atoms with Gasteiger partial charge in [0.25, 0.3) is 0 Å². The second-order valence-electron chi connectivity index (χ2n) is 6.14. The number of aromatic nitrogens is 1. The lowest BCUT2D eigenvalue weighted by Crippen LogP contribution is -2.36. The Labute approximate surface area is 128 Å². The summed E-state index contributed by atoms with van der Waals surface area (Å²) in [6, 6.07) is 2.97. The highest BCUT2D eigenvalue weighted by molar-refractivity contribution is 5.85. The van der Waals surface area contributed by atoms with Gasteiger partial charge in [-0.1, -0.05) is 0 Å². The Bertz CT molecular complexity index is 567. The molecule has 1 N–H and O–H groups in total. The number of likely N-dealkylation sites (tertiary alicyclic amines) is 1. The van der Waals surface area contributed by atoms with Crippen LogP contribution in [0, 0.1) is 0 Å². The van der Waals surface area contributed by atoms with Crippen molar-refractivity contribution in [3.8, 4) is 5.75 Å². The molecule has 2 heterocycles. The van der Waals surface area contributed by atoms with Gasteiger partial charge in [-0.3, -0.25) is 0 Å². The number of carboxylic acids is 1. The fourth-order valence-electron chi connectivity index (χ4n) is 2.11. The van der Waals surface area contributed by atoms with Crippen LogP contribution < -0.4 is 4.74 Å². The minimum Gasteiger partial charge on any atom is -0.488 e. The van der Waals surface area contributed by atoms with E-state index in [1.165, 1.54) is 12.3 Å². The summed E-state index contributed by atoms with van der Waals surface area (Å²) < 4.78 is 11.0. The molecule has 1 aliphatic rings. The molecule has 0 bridgehead atoms. The summed E-state index contributed by atoms with van der Waals surface area (Å²) in [4.78, 5) is 28.2. The molecule has 120 valence electrons. The van der Waals surface area contributed by atoms with Crippen molar-refractivity contribution in [1.82, 2.24) is 9.88 Å². The maximum absolute atomic E-state index is 12.0. The average Bonchev–Trinajstić information content (AvgIpc) is 2.85. The van der Waals surface area contributed by atoms with Gasteiger partial charge in [0.1, 0.15) is 17.5 Å².